The van der Waals surface area contributed by atoms with E-state index >= 15 is 0 Å². The van der Waals surface area contributed by atoms with Crippen molar-refractivity contribution in [2.45, 2.75) is 19.8 Å². The van der Waals surface area contributed by atoms with Gasteiger partial charge in [0, 0.05) is 6.54 Å². The molecule has 2 aromatic rings. The van der Waals surface area contributed by atoms with E-state index in [2.05, 4.69) is 5.32 Å². The van der Waals surface area contributed by atoms with Crippen LogP contribution in [0.2, 0.25) is 0 Å². The van der Waals surface area contributed by atoms with Crippen molar-refractivity contribution in [3.63, 3.8) is 0 Å². The van der Waals surface area contributed by atoms with Crippen molar-refractivity contribution < 1.29 is 27.9 Å². The van der Waals surface area contributed by atoms with Gasteiger partial charge in [0.2, 0.25) is 11.8 Å². The van der Waals surface area contributed by atoms with Crippen LogP contribution >= 0.6 is 0 Å². The van der Waals surface area contributed by atoms with Crippen LogP contribution < -0.4 is 5.32 Å². The third-order valence-electron chi connectivity index (χ3n) is 3.78. The second kappa shape index (κ2) is 9.07. The standard InChI is InChI=1S/C19H19F3N2O3/c1-2-9-24(17(27)10-12-3-5-13(25)6-4-12)11-16(26)23-15-8-7-14(20)18(21)19(15)22/h3-8,25H,2,9-11H2,1H3,(H,23,26). The zero-order valence-corrected chi connectivity index (χ0v) is 14.6. The van der Waals surface area contributed by atoms with E-state index in [4.69, 9.17) is 0 Å². The molecule has 0 radical (unpaired) electrons. The van der Waals surface area contributed by atoms with Crippen molar-refractivity contribution in [1.82, 2.24) is 4.90 Å². The molecule has 2 N–H and O–H groups in total. The Balaban J connectivity index is 2.04. The lowest BCUT2D eigenvalue weighted by Gasteiger charge is -2.22. The minimum Gasteiger partial charge on any atom is -0.508 e. The number of phenols is 1. The van der Waals surface area contributed by atoms with Crippen LogP contribution in [-0.2, 0) is 16.0 Å². The summed E-state index contributed by atoms with van der Waals surface area (Å²) in [5, 5.41) is 11.4. The maximum Gasteiger partial charge on any atom is 0.244 e. The van der Waals surface area contributed by atoms with E-state index in [9.17, 15) is 27.9 Å². The molecule has 5 nitrogen and oxygen atoms in total. The van der Waals surface area contributed by atoms with E-state index in [1.807, 2.05) is 6.92 Å². The van der Waals surface area contributed by atoms with E-state index in [0.29, 0.717) is 24.6 Å². The first-order chi connectivity index (χ1) is 12.8. The maximum atomic E-state index is 13.7. The van der Waals surface area contributed by atoms with Gasteiger partial charge in [-0.05, 0) is 36.2 Å². The minimum atomic E-state index is -1.68. The van der Waals surface area contributed by atoms with Gasteiger partial charge in [0.15, 0.2) is 17.5 Å². The summed E-state index contributed by atoms with van der Waals surface area (Å²) in [6, 6.07) is 7.70. The second-order valence-corrected chi connectivity index (χ2v) is 5.93. The zero-order chi connectivity index (χ0) is 20.0. The zero-order valence-electron chi connectivity index (χ0n) is 14.6. The van der Waals surface area contributed by atoms with Crippen molar-refractivity contribution in [2.75, 3.05) is 18.4 Å². The predicted octanol–water partition coefficient (Wildman–Crippen LogP) is 3.23. The lowest BCUT2D eigenvalue weighted by Crippen LogP contribution is -2.39. The van der Waals surface area contributed by atoms with Crippen LogP contribution in [0, 0.1) is 17.5 Å². The molecule has 0 aromatic heterocycles. The molecule has 0 unspecified atom stereocenters. The first-order valence-corrected chi connectivity index (χ1v) is 8.30. The van der Waals surface area contributed by atoms with Crippen molar-refractivity contribution in [2.24, 2.45) is 0 Å². The number of nitrogens with one attached hydrogen (secondary N) is 1. The van der Waals surface area contributed by atoms with Crippen LogP contribution in [0.3, 0.4) is 0 Å². The summed E-state index contributed by atoms with van der Waals surface area (Å²) < 4.78 is 39.8. The van der Waals surface area contributed by atoms with Gasteiger partial charge < -0.3 is 15.3 Å². The molecular formula is C19H19F3N2O3. The number of amides is 2. The van der Waals surface area contributed by atoms with Gasteiger partial charge in [-0.25, -0.2) is 13.2 Å². The fourth-order valence-corrected chi connectivity index (χ4v) is 2.45. The Labute approximate surface area is 154 Å². The van der Waals surface area contributed by atoms with Crippen LogP contribution in [0.15, 0.2) is 36.4 Å². The normalized spacial score (nSPS) is 10.5. The Bertz CT molecular complexity index is 826. The molecule has 0 spiro atoms. The van der Waals surface area contributed by atoms with Crippen molar-refractivity contribution in [3.05, 3.63) is 59.4 Å². The summed E-state index contributed by atoms with van der Waals surface area (Å²) in [4.78, 5) is 25.9. The Morgan fingerprint density at radius 1 is 1.04 bits per heavy atom. The highest BCUT2D eigenvalue weighted by Crippen LogP contribution is 2.19. The molecule has 0 fully saturated rings. The molecule has 0 aliphatic carbocycles. The highest BCUT2D eigenvalue weighted by Gasteiger charge is 2.19. The number of carbonyl (C=O) groups is 2. The summed E-state index contributed by atoms with van der Waals surface area (Å²) in [7, 11) is 0. The van der Waals surface area contributed by atoms with E-state index < -0.39 is 29.0 Å². The first-order valence-electron chi connectivity index (χ1n) is 8.30. The second-order valence-electron chi connectivity index (χ2n) is 5.93. The summed E-state index contributed by atoms with van der Waals surface area (Å²) >= 11 is 0. The molecule has 27 heavy (non-hydrogen) atoms. The van der Waals surface area contributed by atoms with Gasteiger partial charge in [-0.3, -0.25) is 9.59 Å². The number of anilines is 1. The number of carbonyl (C=O) groups excluding carboxylic acids is 2. The smallest absolute Gasteiger partial charge is 0.244 e. The number of hydrogen-bond acceptors (Lipinski definition) is 3. The van der Waals surface area contributed by atoms with E-state index in [0.717, 1.165) is 6.07 Å². The SMILES string of the molecule is CCCN(CC(=O)Nc1ccc(F)c(F)c1F)C(=O)Cc1ccc(O)cc1. The molecule has 0 saturated heterocycles. The number of nitrogens with zero attached hydrogens (tertiary/aromatic N) is 1. The quantitative estimate of drug-likeness (QED) is 0.725. The number of rotatable bonds is 7. The topological polar surface area (TPSA) is 69.6 Å². The molecule has 2 amide bonds. The number of phenolic OH excluding ortho intramolecular Hbond substituents is 1. The van der Waals surface area contributed by atoms with Crippen molar-refractivity contribution >= 4 is 17.5 Å². The van der Waals surface area contributed by atoms with Gasteiger partial charge in [0.25, 0.3) is 0 Å². The number of halogens is 3. The van der Waals surface area contributed by atoms with Gasteiger partial charge >= 0.3 is 0 Å². The van der Waals surface area contributed by atoms with Crippen LogP contribution in [0.1, 0.15) is 18.9 Å². The fourth-order valence-electron chi connectivity index (χ4n) is 2.45. The third kappa shape index (κ3) is 5.47. The Hall–Kier alpha value is -3.03. The Kier molecular flexibility index (Phi) is 6.81. The molecule has 0 aliphatic heterocycles. The molecule has 2 aromatic carbocycles. The Morgan fingerprint density at radius 3 is 2.33 bits per heavy atom. The van der Waals surface area contributed by atoms with Crippen molar-refractivity contribution in [3.8, 4) is 5.75 Å². The minimum absolute atomic E-state index is 0.0209. The predicted molar refractivity (Wildman–Crippen MR) is 93.6 cm³/mol. The monoisotopic (exact) mass is 380 g/mol. The Morgan fingerprint density at radius 2 is 1.70 bits per heavy atom. The lowest BCUT2D eigenvalue weighted by atomic mass is 10.1. The summed E-state index contributed by atoms with van der Waals surface area (Å²) in [5.41, 5.74) is 0.160. The van der Waals surface area contributed by atoms with E-state index in [1.165, 1.54) is 17.0 Å². The number of hydrogen-bond donors (Lipinski definition) is 2. The average molecular weight is 380 g/mol. The van der Waals surface area contributed by atoms with E-state index in [-0.39, 0.29) is 24.6 Å². The molecule has 0 saturated carbocycles. The van der Waals surface area contributed by atoms with Crippen molar-refractivity contribution in [1.29, 1.82) is 0 Å². The fraction of sp³-hybridized carbons (Fsp3) is 0.263. The lowest BCUT2D eigenvalue weighted by molar-refractivity contribution is -0.134. The van der Waals surface area contributed by atoms with Gasteiger partial charge in [-0.2, -0.15) is 0 Å². The van der Waals surface area contributed by atoms with E-state index in [1.54, 1.807) is 12.1 Å². The van der Waals surface area contributed by atoms with Gasteiger partial charge in [0.1, 0.15) is 5.75 Å². The average Bonchev–Trinajstić information content (AvgIpc) is 2.63. The van der Waals surface area contributed by atoms with Gasteiger partial charge in [0.05, 0.1) is 18.7 Å². The van der Waals surface area contributed by atoms with Gasteiger partial charge in [-0.15, -0.1) is 0 Å². The molecule has 0 heterocycles. The van der Waals surface area contributed by atoms with Crippen LogP contribution in [-0.4, -0.2) is 34.9 Å². The largest absolute Gasteiger partial charge is 0.508 e. The molecule has 0 atom stereocenters. The molecular weight excluding hydrogens is 361 g/mol. The van der Waals surface area contributed by atoms with Crippen LogP contribution in [0.5, 0.6) is 5.75 Å². The molecule has 2 rings (SSSR count). The molecule has 144 valence electrons. The number of benzene rings is 2. The van der Waals surface area contributed by atoms with Crippen LogP contribution in [0.25, 0.3) is 0 Å². The highest BCUT2D eigenvalue weighted by atomic mass is 19.2. The van der Waals surface area contributed by atoms with Gasteiger partial charge in [-0.1, -0.05) is 19.1 Å². The first kappa shape index (κ1) is 20.3. The van der Waals surface area contributed by atoms with Crippen LogP contribution in [0.4, 0.5) is 18.9 Å². The maximum absolute atomic E-state index is 13.7. The molecule has 0 bridgehead atoms. The summed E-state index contributed by atoms with van der Waals surface area (Å²) in [6.45, 7) is 1.77. The number of aromatic hydroxyl groups is 1. The summed E-state index contributed by atoms with van der Waals surface area (Å²) in [6.07, 6.45) is 0.612. The highest BCUT2D eigenvalue weighted by molar-refractivity contribution is 5.94. The third-order valence-corrected chi connectivity index (χ3v) is 3.78. The molecule has 8 heteroatoms. The summed E-state index contributed by atoms with van der Waals surface area (Å²) in [5.74, 6) is -5.52. The molecule has 0 aliphatic rings.